The largest absolute Gasteiger partial charge is 0.469 e. The first-order valence-electron chi connectivity index (χ1n) is 8.74. The molecular formula is C18H25N3O5. The smallest absolute Gasteiger partial charge is 0.305 e. The second-order valence-electron chi connectivity index (χ2n) is 6.45. The Hall–Kier alpha value is -2.64. The van der Waals surface area contributed by atoms with Gasteiger partial charge >= 0.3 is 5.97 Å². The van der Waals surface area contributed by atoms with Gasteiger partial charge in [-0.2, -0.15) is 0 Å². The minimum atomic E-state index is -0.373. The van der Waals surface area contributed by atoms with E-state index in [1.165, 1.54) is 13.2 Å². The quantitative estimate of drug-likeness (QED) is 0.419. The molecule has 2 rings (SSSR count). The Balaban J connectivity index is 1.87. The van der Waals surface area contributed by atoms with Crippen LogP contribution in [-0.2, 0) is 14.3 Å². The Labute approximate surface area is 152 Å². The Bertz CT molecular complexity index is 656. The first-order chi connectivity index (χ1) is 12.4. The molecule has 0 N–H and O–H groups in total. The number of hydrogen-bond acceptors (Lipinski definition) is 6. The van der Waals surface area contributed by atoms with Gasteiger partial charge in [-0.3, -0.25) is 19.7 Å². The van der Waals surface area contributed by atoms with Gasteiger partial charge in [-0.25, -0.2) is 0 Å². The van der Waals surface area contributed by atoms with Crippen molar-refractivity contribution < 1.29 is 19.2 Å². The fraction of sp³-hybridized carbons (Fsp3) is 0.556. The molecule has 1 amide bonds. The summed E-state index contributed by atoms with van der Waals surface area (Å²) in [6, 6.07) is 6.69. The highest BCUT2D eigenvalue weighted by molar-refractivity contribution is 5.79. The standard InChI is InChI=1S/C18H25N3O5/c1-19(11-5-8-17(22)26-2)18(23)14-9-12-20(13-10-14)15-6-3-4-7-16(15)21(24)25/h3-4,6-7,14H,5,8-13H2,1-2H3. The topological polar surface area (TPSA) is 93.0 Å². The maximum absolute atomic E-state index is 12.5. The maximum Gasteiger partial charge on any atom is 0.305 e. The highest BCUT2D eigenvalue weighted by atomic mass is 16.6. The van der Waals surface area contributed by atoms with Gasteiger partial charge in [0.1, 0.15) is 5.69 Å². The second-order valence-corrected chi connectivity index (χ2v) is 6.45. The van der Waals surface area contributed by atoms with Crippen molar-refractivity contribution in [1.29, 1.82) is 0 Å². The Morgan fingerprint density at radius 1 is 1.31 bits per heavy atom. The predicted molar refractivity (Wildman–Crippen MR) is 96.9 cm³/mol. The average molecular weight is 363 g/mol. The molecule has 1 aliphatic rings. The highest BCUT2D eigenvalue weighted by Crippen LogP contribution is 2.31. The summed E-state index contributed by atoms with van der Waals surface area (Å²) < 4.78 is 4.59. The number of hydrogen-bond donors (Lipinski definition) is 0. The van der Waals surface area contributed by atoms with E-state index in [0.717, 1.165) is 0 Å². The van der Waals surface area contributed by atoms with Crippen LogP contribution in [0.4, 0.5) is 11.4 Å². The molecule has 1 aromatic carbocycles. The molecule has 0 unspecified atom stereocenters. The molecule has 0 radical (unpaired) electrons. The molecule has 0 saturated carbocycles. The van der Waals surface area contributed by atoms with Crippen LogP contribution in [0.25, 0.3) is 0 Å². The third-order valence-corrected chi connectivity index (χ3v) is 4.74. The number of piperidine rings is 1. The number of nitrogens with zero attached hydrogens (tertiary/aromatic N) is 3. The molecule has 8 heteroatoms. The molecule has 1 aromatic rings. The van der Waals surface area contributed by atoms with Gasteiger partial charge in [-0.1, -0.05) is 12.1 Å². The van der Waals surface area contributed by atoms with Crippen molar-refractivity contribution in [3.8, 4) is 0 Å². The molecule has 8 nitrogen and oxygen atoms in total. The zero-order chi connectivity index (χ0) is 19.1. The lowest BCUT2D eigenvalue weighted by Gasteiger charge is -2.34. The molecule has 1 fully saturated rings. The lowest BCUT2D eigenvalue weighted by molar-refractivity contribution is -0.384. The van der Waals surface area contributed by atoms with Crippen molar-refractivity contribution in [2.24, 2.45) is 5.92 Å². The van der Waals surface area contributed by atoms with Gasteiger partial charge in [0.25, 0.3) is 5.69 Å². The molecule has 1 saturated heterocycles. The highest BCUT2D eigenvalue weighted by Gasteiger charge is 2.29. The number of methoxy groups -OCH3 is 1. The minimum Gasteiger partial charge on any atom is -0.469 e. The van der Waals surface area contributed by atoms with E-state index in [9.17, 15) is 19.7 Å². The summed E-state index contributed by atoms with van der Waals surface area (Å²) in [5.74, 6) is -0.294. The van der Waals surface area contributed by atoms with Gasteiger partial charge in [0.15, 0.2) is 0 Å². The van der Waals surface area contributed by atoms with Gasteiger partial charge in [0, 0.05) is 45.1 Å². The summed E-state index contributed by atoms with van der Waals surface area (Å²) in [6.07, 6.45) is 2.19. The Morgan fingerprint density at radius 2 is 1.96 bits per heavy atom. The normalized spacial score (nSPS) is 14.8. The van der Waals surface area contributed by atoms with E-state index >= 15 is 0 Å². The summed E-state index contributed by atoms with van der Waals surface area (Å²) >= 11 is 0. The van der Waals surface area contributed by atoms with Crippen molar-refractivity contribution in [2.45, 2.75) is 25.7 Å². The molecule has 0 spiro atoms. The number of carbonyl (C=O) groups excluding carboxylic acids is 2. The molecule has 0 aliphatic carbocycles. The Kier molecular flexibility index (Phi) is 6.94. The van der Waals surface area contributed by atoms with Crippen LogP contribution < -0.4 is 4.90 Å². The fourth-order valence-corrected chi connectivity index (χ4v) is 3.24. The van der Waals surface area contributed by atoms with Crippen LogP contribution in [0.3, 0.4) is 0 Å². The van der Waals surface area contributed by atoms with E-state index in [-0.39, 0.29) is 28.4 Å². The SMILES string of the molecule is COC(=O)CCCN(C)C(=O)C1CCN(c2ccccc2[N+](=O)[O-])CC1. The average Bonchev–Trinajstić information content (AvgIpc) is 2.67. The van der Waals surface area contributed by atoms with Crippen LogP contribution >= 0.6 is 0 Å². The number of nitro benzene ring substituents is 1. The van der Waals surface area contributed by atoms with Crippen LogP contribution in [0.2, 0.25) is 0 Å². The predicted octanol–water partition coefficient (Wildman–Crippen LogP) is 2.22. The van der Waals surface area contributed by atoms with E-state index in [4.69, 9.17) is 0 Å². The zero-order valence-electron chi connectivity index (χ0n) is 15.2. The Morgan fingerprint density at radius 3 is 2.58 bits per heavy atom. The molecule has 1 heterocycles. The number of esters is 1. The second kappa shape index (κ2) is 9.17. The van der Waals surface area contributed by atoms with Gasteiger partial charge in [-0.05, 0) is 25.3 Å². The number of rotatable bonds is 7. The van der Waals surface area contributed by atoms with Crippen LogP contribution in [0.15, 0.2) is 24.3 Å². The molecular weight excluding hydrogens is 338 g/mol. The lowest BCUT2D eigenvalue weighted by atomic mass is 9.94. The number of anilines is 1. The minimum absolute atomic E-state index is 0.0667. The number of amides is 1. The van der Waals surface area contributed by atoms with E-state index < -0.39 is 0 Å². The summed E-state index contributed by atoms with van der Waals surface area (Å²) in [7, 11) is 3.09. The number of carbonyl (C=O) groups is 2. The van der Waals surface area contributed by atoms with E-state index in [2.05, 4.69) is 4.74 Å². The van der Waals surface area contributed by atoms with Gasteiger partial charge in [0.05, 0.1) is 12.0 Å². The van der Waals surface area contributed by atoms with E-state index in [1.807, 2.05) is 4.90 Å². The fourth-order valence-electron chi connectivity index (χ4n) is 3.24. The van der Waals surface area contributed by atoms with Crippen LogP contribution in [0, 0.1) is 16.0 Å². The lowest BCUT2D eigenvalue weighted by Crippen LogP contribution is -2.41. The van der Waals surface area contributed by atoms with Crippen molar-refractivity contribution in [2.75, 3.05) is 38.7 Å². The molecule has 0 aromatic heterocycles. The molecule has 0 atom stereocenters. The first kappa shape index (κ1) is 19.7. The van der Waals surface area contributed by atoms with Crippen LogP contribution in [0.1, 0.15) is 25.7 Å². The zero-order valence-corrected chi connectivity index (χ0v) is 15.2. The van der Waals surface area contributed by atoms with Gasteiger partial charge in [-0.15, -0.1) is 0 Å². The van der Waals surface area contributed by atoms with Crippen LogP contribution in [-0.4, -0.2) is 55.5 Å². The summed E-state index contributed by atoms with van der Waals surface area (Å²) in [4.78, 5) is 38.1. The molecule has 0 bridgehead atoms. The number of nitro groups is 1. The van der Waals surface area contributed by atoms with Crippen LogP contribution in [0.5, 0.6) is 0 Å². The van der Waals surface area contributed by atoms with Gasteiger partial charge in [0.2, 0.25) is 5.91 Å². The van der Waals surface area contributed by atoms with E-state index in [0.29, 0.717) is 51.0 Å². The van der Waals surface area contributed by atoms with Crippen molar-refractivity contribution in [3.63, 3.8) is 0 Å². The van der Waals surface area contributed by atoms with E-state index in [1.54, 1.807) is 30.1 Å². The molecule has 26 heavy (non-hydrogen) atoms. The number of para-hydroxylation sites is 2. The molecule has 1 aliphatic heterocycles. The summed E-state index contributed by atoms with van der Waals surface area (Å²) in [5.41, 5.74) is 0.701. The first-order valence-corrected chi connectivity index (χ1v) is 8.74. The van der Waals surface area contributed by atoms with Crippen molar-refractivity contribution in [3.05, 3.63) is 34.4 Å². The third kappa shape index (κ3) is 4.93. The summed E-state index contributed by atoms with van der Waals surface area (Å²) in [6.45, 7) is 1.73. The molecule has 142 valence electrons. The maximum atomic E-state index is 12.5. The number of ether oxygens (including phenoxy) is 1. The third-order valence-electron chi connectivity index (χ3n) is 4.74. The van der Waals surface area contributed by atoms with Crippen molar-refractivity contribution in [1.82, 2.24) is 4.90 Å². The number of benzene rings is 1. The van der Waals surface area contributed by atoms with Crippen molar-refractivity contribution >= 4 is 23.3 Å². The summed E-state index contributed by atoms with van der Waals surface area (Å²) in [5, 5.41) is 11.2. The van der Waals surface area contributed by atoms with Gasteiger partial charge < -0.3 is 14.5 Å². The monoisotopic (exact) mass is 363 g/mol.